The molecule has 6 nitrogen and oxygen atoms in total. The van der Waals surface area contributed by atoms with E-state index >= 15 is 0 Å². The van der Waals surface area contributed by atoms with E-state index in [-0.39, 0.29) is 5.91 Å². The average Bonchev–Trinajstić information content (AvgIpc) is 2.99. The van der Waals surface area contributed by atoms with Crippen LogP contribution in [0.1, 0.15) is 21.5 Å². The van der Waals surface area contributed by atoms with Gasteiger partial charge in [0, 0.05) is 23.9 Å². The van der Waals surface area contributed by atoms with Gasteiger partial charge in [0.15, 0.2) is 0 Å². The summed E-state index contributed by atoms with van der Waals surface area (Å²) in [6.45, 7) is 3.32. The number of hydrogen-bond acceptors (Lipinski definition) is 4. The molecular weight excluding hydrogens is 266 g/mol. The Labute approximate surface area is 123 Å². The summed E-state index contributed by atoms with van der Waals surface area (Å²) < 4.78 is 1.66. The Morgan fingerprint density at radius 1 is 1.48 bits per heavy atom. The first-order chi connectivity index (χ1) is 10.2. The number of nitrogens with two attached hydrogens (primary N) is 1. The summed E-state index contributed by atoms with van der Waals surface area (Å²) in [7, 11) is 0. The van der Waals surface area contributed by atoms with Gasteiger partial charge in [-0.25, -0.2) is 0 Å². The highest BCUT2D eigenvalue weighted by Crippen LogP contribution is 2.10. The molecule has 0 fully saturated rings. The number of hydrogen-bond donors (Lipinski definition) is 2. The lowest BCUT2D eigenvalue weighted by Gasteiger charge is -2.06. The van der Waals surface area contributed by atoms with Crippen molar-refractivity contribution in [2.45, 2.75) is 13.5 Å². The minimum absolute atomic E-state index is 0.133. The van der Waals surface area contributed by atoms with Crippen molar-refractivity contribution in [3.8, 4) is 11.8 Å². The molecule has 0 bridgehead atoms. The molecule has 1 heterocycles. The van der Waals surface area contributed by atoms with E-state index < -0.39 is 0 Å². The topological polar surface area (TPSA) is 85.8 Å². The van der Waals surface area contributed by atoms with Gasteiger partial charge in [-0.2, -0.15) is 0 Å². The van der Waals surface area contributed by atoms with Crippen LogP contribution in [0.25, 0.3) is 0 Å². The number of carbonyl (C=O) groups excluding carboxylic acids is 1. The van der Waals surface area contributed by atoms with Gasteiger partial charge in [-0.1, -0.05) is 23.1 Å². The largest absolute Gasteiger partial charge is 0.350 e. The summed E-state index contributed by atoms with van der Waals surface area (Å²) >= 11 is 0. The van der Waals surface area contributed by atoms with Gasteiger partial charge in [0.1, 0.15) is 0 Å². The molecule has 108 valence electrons. The zero-order valence-corrected chi connectivity index (χ0v) is 11.8. The molecule has 0 spiro atoms. The van der Waals surface area contributed by atoms with E-state index in [2.05, 4.69) is 27.5 Å². The Balaban J connectivity index is 1.98. The number of carbonyl (C=O) groups is 1. The zero-order valence-electron chi connectivity index (χ0n) is 11.8. The van der Waals surface area contributed by atoms with Crippen LogP contribution in [0.15, 0.2) is 30.6 Å². The minimum Gasteiger partial charge on any atom is -0.350 e. The molecule has 6 heteroatoms. The molecular formula is C15H17N5O. The van der Waals surface area contributed by atoms with Crippen LogP contribution in [0, 0.1) is 18.8 Å². The van der Waals surface area contributed by atoms with Crippen LogP contribution >= 0.6 is 0 Å². The van der Waals surface area contributed by atoms with Crippen LogP contribution in [0.2, 0.25) is 0 Å². The fourth-order valence-corrected chi connectivity index (χ4v) is 1.78. The normalized spacial score (nSPS) is 9.81. The molecule has 2 rings (SSSR count). The molecule has 0 radical (unpaired) electrons. The summed E-state index contributed by atoms with van der Waals surface area (Å²) in [5.41, 5.74) is 7.80. The highest BCUT2D eigenvalue weighted by Gasteiger charge is 2.07. The fourth-order valence-electron chi connectivity index (χ4n) is 1.78. The predicted molar refractivity (Wildman–Crippen MR) is 79.5 cm³/mol. The molecule has 0 atom stereocenters. The lowest BCUT2D eigenvalue weighted by Crippen LogP contribution is -2.27. The minimum atomic E-state index is -0.133. The maximum absolute atomic E-state index is 12.1. The van der Waals surface area contributed by atoms with Crippen LogP contribution in [0.4, 0.5) is 0 Å². The van der Waals surface area contributed by atoms with Gasteiger partial charge in [0.25, 0.3) is 5.91 Å². The molecule has 0 aliphatic rings. The van der Waals surface area contributed by atoms with Crippen LogP contribution in [0.3, 0.4) is 0 Å². The second-order valence-electron chi connectivity index (χ2n) is 4.46. The number of aromatic nitrogens is 3. The molecule has 21 heavy (non-hydrogen) atoms. The van der Waals surface area contributed by atoms with Crippen molar-refractivity contribution in [2.24, 2.45) is 5.73 Å². The molecule has 1 amide bonds. The summed E-state index contributed by atoms with van der Waals surface area (Å²) in [5, 5.41) is 10.4. The van der Waals surface area contributed by atoms with Crippen molar-refractivity contribution >= 4 is 5.91 Å². The first kappa shape index (κ1) is 14.8. The smallest absolute Gasteiger partial charge is 0.251 e. The molecule has 1 aromatic carbocycles. The Hall–Kier alpha value is -2.65. The first-order valence-corrected chi connectivity index (χ1v) is 6.62. The number of nitrogens with zero attached hydrogens (tertiary/aromatic N) is 3. The number of aryl methyl sites for hydroxylation is 1. The van der Waals surface area contributed by atoms with E-state index in [9.17, 15) is 4.79 Å². The van der Waals surface area contributed by atoms with Gasteiger partial charge >= 0.3 is 0 Å². The second kappa shape index (κ2) is 7.22. The molecule has 0 saturated carbocycles. The summed E-state index contributed by atoms with van der Waals surface area (Å²) in [5.74, 6) is 5.64. The van der Waals surface area contributed by atoms with E-state index in [0.29, 0.717) is 25.2 Å². The molecule has 0 aliphatic heterocycles. The Kier molecular flexibility index (Phi) is 5.07. The van der Waals surface area contributed by atoms with Crippen molar-refractivity contribution in [1.82, 2.24) is 20.3 Å². The number of nitrogens with one attached hydrogen (secondary N) is 1. The van der Waals surface area contributed by atoms with E-state index in [4.69, 9.17) is 5.73 Å². The van der Waals surface area contributed by atoms with Gasteiger partial charge in [-0.3, -0.25) is 9.48 Å². The monoisotopic (exact) mass is 283 g/mol. The van der Waals surface area contributed by atoms with Gasteiger partial charge in [-0.05, 0) is 24.6 Å². The third-order valence-electron chi connectivity index (χ3n) is 2.92. The van der Waals surface area contributed by atoms with Crippen molar-refractivity contribution in [1.29, 1.82) is 0 Å². The lowest BCUT2D eigenvalue weighted by molar-refractivity contribution is 0.0952. The van der Waals surface area contributed by atoms with Crippen LogP contribution < -0.4 is 11.1 Å². The van der Waals surface area contributed by atoms with Crippen molar-refractivity contribution in [3.05, 3.63) is 47.3 Å². The first-order valence-electron chi connectivity index (χ1n) is 6.62. The Morgan fingerprint density at radius 2 is 2.33 bits per heavy atom. The third kappa shape index (κ3) is 4.16. The van der Waals surface area contributed by atoms with Crippen molar-refractivity contribution < 1.29 is 4.79 Å². The maximum Gasteiger partial charge on any atom is 0.251 e. The van der Waals surface area contributed by atoms with E-state index in [1.807, 2.05) is 13.0 Å². The number of benzene rings is 1. The van der Waals surface area contributed by atoms with E-state index in [0.717, 1.165) is 11.1 Å². The summed E-state index contributed by atoms with van der Waals surface area (Å²) in [6.07, 6.45) is 3.35. The van der Waals surface area contributed by atoms with Gasteiger partial charge in [0.05, 0.1) is 19.3 Å². The van der Waals surface area contributed by atoms with Gasteiger partial charge in [-0.15, -0.1) is 5.10 Å². The SMILES string of the molecule is Cc1ccc(C(=O)NCCn2ccnn2)cc1C#CCN. The highest BCUT2D eigenvalue weighted by atomic mass is 16.1. The summed E-state index contributed by atoms with van der Waals surface area (Å²) in [6, 6.07) is 5.45. The van der Waals surface area contributed by atoms with Gasteiger partial charge in [0.2, 0.25) is 0 Å². The second-order valence-corrected chi connectivity index (χ2v) is 4.46. The number of amides is 1. The van der Waals surface area contributed by atoms with E-state index in [1.54, 1.807) is 29.2 Å². The highest BCUT2D eigenvalue weighted by molar-refractivity contribution is 5.94. The fraction of sp³-hybridized carbons (Fsp3) is 0.267. The Bertz CT molecular complexity index is 667. The lowest BCUT2D eigenvalue weighted by atomic mass is 10.0. The van der Waals surface area contributed by atoms with E-state index in [1.165, 1.54) is 0 Å². The third-order valence-corrected chi connectivity index (χ3v) is 2.92. The standard InChI is InChI=1S/C15H17N5O/c1-12-4-5-14(11-13(12)3-2-6-16)15(21)17-7-9-20-10-8-18-19-20/h4-5,8,10-11H,6-7,9,16H2,1H3,(H,17,21). The van der Waals surface area contributed by atoms with Crippen LogP contribution in [0.5, 0.6) is 0 Å². The molecule has 3 N–H and O–H groups in total. The molecule has 0 aliphatic carbocycles. The predicted octanol–water partition coefficient (Wildman–Crippen LogP) is 0.327. The van der Waals surface area contributed by atoms with Crippen molar-refractivity contribution in [3.63, 3.8) is 0 Å². The van der Waals surface area contributed by atoms with Gasteiger partial charge < -0.3 is 11.1 Å². The number of rotatable bonds is 4. The zero-order chi connectivity index (χ0) is 15.1. The average molecular weight is 283 g/mol. The maximum atomic E-state index is 12.1. The molecule has 2 aromatic rings. The molecule has 0 saturated heterocycles. The van der Waals surface area contributed by atoms with Crippen LogP contribution in [-0.2, 0) is 6.54 Å². The molecule has 1 aromatic heterocycles. The molecule has 0 unspecified atom stereocenters. The van der Waals surface area contributed by atoms with Crippen LogP contribution in [-0.4, -0.2) is 34.0 Å². The quantitative estimate of drug-likeness (QED) is 0.792. The summed E-state index contributed by atoms with van der Waals surface area (Å²) in [4.78, 5) is 12.1. The Morgan fingerprint density at radius 3 is 3.05 bits per heavy atom. The van der Waals surface area contributed by atoms with Crippen molar-refractivity contribution in [2.75, 3.05) is 13.1 Å².